The fourth-order valence-electron chi connectivity index (χ4n) is 3.21. The maximum absolute atomic E-state index is 14.8. The minimum atomic E-state index is -1.20. The van der Waals surface area contributed by atoms with E-state index in [0.29, 0.717) is 27.3 Å². The number of hydrogen-bond donors (Lipinski definition) is 2. The lowest BCUT2D eigenvalue weighted by atomic mass is 10.1. The number of aromatic nitrogens is 4. The van der Waals surface area contributed by atoms with Crippen molar-refractivity contribution < 1.29 is 9.50 Å². The fourth-order valence-corrected chi connectivity index (χ4v) is 3.41. The molecule has 3 heterocycles. The molecule has 31 heavy (non-hydrogen) atoms. The van der Waals surface area contributed by atoms with E-state index in [4.69, 9.17) is 11.6 Å². The van der Waals surface area contributed by atoms with E-state index in [-0.39, 0.29) is 17.6 Å². The molecule has 0 amide bonds. The number of anilines is 1. The van der Waals surface area contributed by atoms with Crippen molar-refractivity contribution >= 4 is 28.3 Å². The van der Waals surface area contributed by atoms with Gasteiger partial charge < -0.3 is 10.4 Å². The first-order chi connectivity index (χ1) is 14.7. The van der Waals surface area contributed by atoms with Crippen molar-refractivity contribution in [1.82, 2.24) is 19.9 Å². The van der Waals surface area contributed by atoms with Gasteiger partial charge in [0, 0.05) is 36.3 Å². The summed E-state index contributed by atoms with van der Waals surface area (Å²) in [4.78, 5) is 17.0. The van der Waals surface area contributed by atoms with Crippen LogP contribution in [0.15, 0.2) is 55.0 Å². The van der Waals surface area contributed by atoms with Crippen molar-refractivity contribution in [3.63, 3.8) is 0 Å². The van der Waals surface area contributed by atoms with Gasteiger partial charge in [0.2, 0.25) is 0 Å². The molecule has 0 fully saturated rings. The van der Waals surface area contributed by atoms with Gasteiger partial charge in [0.1, 0.15) is 16.8 Å². The first-order valence-corrected chi connectivity index (χ1v) is 10.1. The van der Waals surface area contributed by atoms with Crippen LogP contribution in [0.4, 0.5) is 10.1 Å². The molecule has 1 atom stereocenters. The molecule has 2 N–H and O–H groups in total. The Labute approximate surface area is 184 Å². The number of hydrogen-bond acceptors (Lipinski definition) is 6. The molecule has 0 aliphatic heterocycles. The third-order valence-corrected chi connectivity index (χ3v) is 5.17. The summed E-state index contributed by atoms with van der Waals surface area (Å²) in [6.07, 6.45) is 4.36. The summed E-state index contributed by atoms with van der Waals surface area (Å²) in [7, 11) is 0. The second-order valence-corrected chi connectivity index (χ2v) is 8.21. The van der Waals surface area contributed by atoms with Gasteiger partial charge in [-0.15, -0.1) is 0 Å². The Kier molecular flexibility index (Phi) is 5.56. The van der Waals surface area contributed by atoms with Gasteiger partial charge >= 0.3 is 0 Å². The Balaban J connectivity index is 1.79. The molecule has 0 aliphatic rings. The highest BCUT2D eigenvalue weighted by Crippen LogP contribution is 2.34. The van der Waals surface area contributed by atoms with Crippen LogP contribution >= 0.6 is 11.6 Å². The lowest BCUT2D eigenvalue weighted by Crippen LogP contribution is -2.19. The van der Waals surface area contributed by atoms with E-state index in [2.05, 4.69) is 25.3 Å². The molecule has 6 nitrogen and oxygen atoms in total. The second kappa shape index (κ2) is 8.17. The fraction of sp³-hybridized carbons (Fsp3) is 0.217. The van der Waals surface area contributed by atoms with Crippen LogP contribution in [0.1, 0.15) is 38.2 Å². The molecule has 158 valence electrons. The van der Waals surface area contributed by atoms with E-state index in [1.807, 2.05) is 37.3 Å². The smallest absolute Gasteiger partial charge is 0.159 e. The molecule has 0 saturated heterocycles. The van der Waals surface area contributed by atoms with Crippen LogP contribution in [0.5, 0.6) is 0 Å². The van der Waals surface area contributed by atoms with Crippen molar-refractivity contribution in [3.8, 4) is 11.3 Å². The van der Waals surface area contributed by atoms with Gasteiger partial charge in [0.15, 0.2) is 11.6 Å². The number of fused-ring (bicyclic) bond motifs is 1. The van der Waals surface area contributed by atoms with Crippen LogP contribution in [0.2, 0.25) is 5.02 Å². The summed E-state index contributed by atoms with van der Waals surface area (Å²) >= 11 is 6.43. The van der Waals surface area contributed by atoms with Gasteiger partial charge in [-0.1, -0.05) is 41.9 Å². The second-order valence-electron chi connectivity index (χ2n) is 7.80. The lowest BCUT2D eigenvalue weighted by Gasteiger charge is -2.18. The van der Waals surface area contributed by atoms with Gasteiger partial charge in [0.05, 0.1) is 16.2 Å². The molecule has 8 heteroatoms. The highest BCUT2D eigenvalue weighted by molar-refractivity contribution is 6.34. The summed E-state index contributed by atoms with van der Waals surface area (Å²) < 4.78 is 14.8. The summed E-state index contributed by atoms with van der Waals surface area (Å²) in [5.41, 5.74) is 1.72. The van der Waals surface area contributed by atoms with E-state index in [0.717, 1.165) is 5.56 Å². The molecule has 0 radical (unpaired) electrons. The zero-order valence-electron chi connectivity index (χ0n) is 17.3. The highest BCUT2D eigenvalue weighted by Gasteiger charge is 2.21. The molecule has 3 aromatic heterocycles. The standard InChI is InChI=1S/C23H21ClFN5O/c1-13(14-7-5-4-6-8-14)29-20-16(24)12-26-18-9-17(25)19(30-21(18)20)15-10-27-22(28-11-15)23(2,3)31/h4-13,31H,1-3H3,(H,26,29). The Bertz CT molecular complexity index is 1230. The Morgan fingerprint density at radius 3 is 2.39 bits per heavy atom. The van der Waals surface area contributed by atoms with Crippen molar-refractivity contribution in [2.45, 2.75) is 32.4 Å². The Morgan fingerprint density at radius 1 is 1.06 bits per heavy atom. The zero-order valence-corrected chi connectivity index (χ0v) is 18.0. The lowest BCUT2D eigenvalue weighted by molar-refractivity contribution is 0.0687. The predicted octanol–water partition coefficient (Wildman–Crippen LogP) is 5.28. The van der Waals surface area contributed by atoms with Crippen molar-refractivity contribution in [2.75, 3.05) is 5.32 Å². The van der Waals surface area contributed by atoms with E-state index < -0.39 is 11.4 Å². The van der Waals surface area contributed by atoms with Crippen LogP contribution in [-0.4, -0.2) is 25.0 Å². The number of halogens is 2. The number of pyridine rings is 2. The summed E-state index contributed by atoms with van der Waals surface area (Å²) in [5.74, 6) is -0.315. The number of aliphatic hydroxyl groups is 1. The van der Waals surface area contributed by atoms with E-state index in [1.54, 1.807) is 13.8 Å². The maximum atomic E-state index is 14.8. The molecule has 0 aliphatic carbocycles. The molecular weight excluding hydrogens is 417 g/mol. The monoisotopic (exact) mass is 437 g/mol. The average Bonchev–Trinajstić information content (AvgIpc) is 2.75. The zero-order chi connectivity index (χ0) is 22.2. The average molecular weight is 438 g/mol. The van der Waals surface area contributed by atoms with Crippen molar-refractivity contribution in [3.05, 3.63) is 77.2 Å². The van der Waals surface area contributed by atoms with Gasteiger partial charge in [-0.25, -0.2) is 19.3 Å². The minimum absolute atomic E-state index is 0.0611. The third-order valence-electron chi connectivity index (χ3n) is 4.88. The number of benzene rings is 1. The predicted molar refractivity (Wildman–Crippen MR) is 119 cm³/mol. The first kappa shape index (κ1) is 21.1. The largest absolute Gasteiger partial charge is 0.382 e. The molecule has 0 spiro atoms. The molecule has 4 aromatic rings. The van der Waals surface area contributed by atoms with Gasteiger partial charge in [-0.3, -0.25) is 4.98 Å². The van der Waals surface area contributed by atoms with Crippen molar-refractivity contribution in [2.24, 2.45) is 0 Å². The normalized spacial score (nSPS) is 12.7. The first-order valence-electron chi connectivity index (χ1n) is 9.75. The molecule has 4 rings (SSSR count). The Hall–Kier alpha value is -3.16. The van der Waals surface area contributed by atoms with Crippen LogP contribution in [-0.2, 0) is 5.60 Å². The quantitative estimate of drug-likeness (QED) is 0.442. The summed E-state index contributed by atoms with van der Waals surface area (Å²) in [5, 5.41) is 13.8. The van der Waals surface area contributed by atoms with Crippen LogP contribution < -0.4 is 5.32 Å². The maximum Gasteiger partial charge on any atom is 0.159 e. The van der Waals surface area contributed by atoms with Gasteiger partial charge in [-0.2, -0.15) is 0 Å². The van der Waals surface area contributed by atoms with Crippen LogP contribution in [0, 0.1) is 5.82 Å². The van der Waals surface area contributed by atoms with E-state index >= 15 is 0 Å². The number of nitrogens with one attached hydrogen (secondary N) is 1. The summed E-state index contributed by atoms with van der Waals surface area (Å²) in [6, 6.07) is 11.1. The van der Waals surface area contributed by atoms with Gasteiger partial charge in [-0.05, 0) is 26.3 Å². The Morgan fingerprint density at radius 2 is 1.74 bits per heavy atom. The number of nitrogens with zero attached hydrogens (tertiary/aromatic N) is 4. The summed E-state index contributed by atoms with van der Waals surface area (Å²) in [6.45, 7) is 5.17. The topological polar surface area (TPSA) is 83.8 Å². The number of rotatable bonds is 5. The SMILES string of the molecule is CC(Nc1c(Cl)cnc2cc(F)c(-c3cnc(C(C)(C)O)nc3)nc12)c1ccccc1. The van der Waals surface area contributed by atoms with Gasteiger partial charge in [0.25, 0.3) is 0 Å². The molecule has 0 saturated carbocycles. The molecular formula is C23H21ClFN5O. The van der Waals surface area contributed by atoms with E-state index in [1.165, 1.54) is 24.7 Å². The molecule has 1 unspecified atom stereocenters. The van der Waals surface area contributed by atoms with E-state index in [9.17, 15) is 9.50 Å². The molecule has 0 bridgehead atoms. The van der Waals surface area contributed by atoms with Crippen LogP contribution in [0.3, 0.4) is 0 Å². The minimum Gasteiger partial charge on any atom is -0.382 e. The third kappa shape index (κ3) is 4.33. The van der Waals surface area contributed by atoms with Crippen molar-refractivity contribution in [1.29, 1.82) is 0 Å². The van der Waals surface area contributed by atoms with Crippen LogP contribution in [0.25, 0.3) is 22.3 Å². The molecule has 1 aromatic carbocycles. The highest BCUT2D eigenvalue weighted by atomic mass is 35.5.